The average molecular weight is 238 g/mol. The van der Waals surface area contributed by atoms with Gasteiger partial charge in [0, 0.05) is 6.04 Å². The number of hydrogen-bond donors (Lipinski definition) is 2. The van der Waals surface area contributed by atoms with Crippen LogP contribution in [0.2, 0.25) is 0 Å². The number of nitrogens with one attached hydrogen (secondary N) is 1. The van der Waals surface area contributed by atoms with Gasteiger partial charge in [-0.1, -0.05) is 39.5 Å². The van der Waals surface area contributed by atoms with Crippen LogP contribution in [0.15, 0.2) is 0 Å². The molecule has 3 atom stereocenters. The molecule has 2 heteroatoms. The van der Waals surface area contributed by atoms with E-state index < -0.39 is 0 Å². The number of hydrogen-bond acceptors (Lipinski definition) is 2. The van der Waals surface area contributed by atoms with Crippen LogP contribution in [-0.2, 0) is 0 Å². The molecule has 3 unspecified atom stereocenters. The third kappa shape index (κ3) is 3.45. The van der Waals surface area contributed by atoms with Crippen LogP contribution in [0.5, 0.6) is 0 Å². The quantitative estimate of drug-likeness (QED) is 0.583. The number of rotatable bonds is 3. The molecular formula is C15H30N2. The molecule has 0 aliphatic heterocycles. The van der Waals surface area contributed by atoms with Gasteiger partial charge in [-0.05, 0) is 49.4 Å². The van der Waals surface area contributed by atoms with Gasteiger partial charge in [0.05, 0.1) is 0 Å². The standard InChI is InChI=1S/C15H30N2/c1-11-6-8-13(9-7-11)15(17-16)14-5-3-4-12(2)10-14/h11-15,17H,3-10,16H2,1-2H3. The summed E-state index contributed by atoms with van der Waals surface area (Å²) in [7, 11) is 0. The molecular weight excluding hydrogens is 208 g/mol. The Balaban J connectivity index is 1.90. The van der Waals surface area contributed by atoms with Crippen molar-refractivity contribution in [3.05, 3.63) is 0 Å². The summed E-state index contributed by atoms with van der Waals surface area (Å²) in [4.78, 5) is 0. The monoisotopic (exact) mass is 238 g/mol. The Labute approximate surface area is 107 Å². The highest BCUT2D eigenvalue weighted by atomic mass is 15.2. The fraction of sp³-hybridized carbons (Fsp3) is 1.00. The zero-order valence-corrected chi connectivity index (χ0v) is 11.6. The maximum Gasteiger partial charge on any atom is 0.0267 e. The van der Waals surface area contributed by atoms with E-state index in [9.17, 15) is 0 Å². The summed E-state index contributed by atoms with van der Waals surface area (Å²) < 4.78 is 0. The largest absolute Gasteiger partial charge is 0.271 e. The Kier molecular flexibility index (Phi) is 4.87. The lowest BCUT2D eigenvalue weighted by atomic mass is 9.70. The first-order valence-corrected chi connectivity index (χ1v) is 7.66. The van der Waals surface area contributed by atoms with Gasteiger partial charge in [0.25, 0.3) is 0 Å². The van der Waals surface area contributed by atoms with Crippen LogP contribution in [-0.4, -0.2) is 6.04 Å². The predicted molar refractivity (Wildman–Crippen MR) is 73.4 cm³/mol. The first-order valence-electron chi connectivity index (χ1n) is 7.66. The predicted octanol–water partition coefficient (Wildman–Crippen LogP) is 3.47. The average Bonchev–Trinajstić information content (AvgIpc) is 2.33. The van der Waals surface area contributed by atoms with E-state index in [1.165, 1.54) is 51.4 Å². The van der Waals surface area contributed by atoms with E-state index in [1.807, 2.05) is 0 Å². The summed E-state index contributed by atoms with van der Waals surface area (Å²) in [6, 6.07) is 0.588. The second-order valence-corrected chi connectivity index (χ2v) is 6.74. The van der Waals surface area contributed by atoms with Crippen molar-refractivity contribution in [2.24, 2.45) is 29.5 Å². The van der Waals surface area contributed by atoms with Crippen molar-refractivity contribution < 1.29 is 0 Å². The Morgan fingerprint density at radius 1 is 0.882 bits per heavy atom. The maximum absolute atomic E-state index is 5.86. The molecule has 2 saturated carbocycles. The number of nitrogens with two attached hydrogens (primary N) is 1. The topological polar surface area (TPSA) is 38.0 Å². The second kappa shape index (κ2) is 6.19. The molecule has 17 heavy (non-hydrogen) atoms. The van der Waals surface area contributed by atoms with E-state index >= 15 is 0 Å². The minimum atomic E-state index is 0.588. The summed E-state index contributed by atoms with van der Waals surface area (Å²) in [5.74, 6) is 9.39. The summed E-state index contributed by atoms with van der Waals surface area (Å²) in [5, 5.41) is 0. The molecule has 2 aliphatic carbocycles. The highest BCUT2D eigenvalue weighted by molar-refractivity contribution is 4.87. The molecule has 2 aliphatic rings. The van der Waals surface area contributed by atoms with Gasteiger partial charge in [0.15, 0.2) is 0 Å². The Morgan fingerprint density at radius 3 is 2.18 bits per heavy atom. The van der Waals surface area contributed by atoms with Crippen molar-refractivity contribution in [1.82, 2.24) is 5.43 Å². The van der Waals surface area contributed by atoms with Crippen molar-refractivity contribution in [2.45, 2.75) is 71.3 Å². The van der Waals surface area contributed by atoms with Gasteiger partial charge in [-0.2, -0.15) is 0 Å². The smallest absolute Gasteiger partial charge is 0.0267 e. The van der Waals surface area contributed by atoms with Crippen LogP contribution in [0.4, 0.5) is 0 Å². The van der Waals surface area contributed by atoms with Crippen molar-refractivity contribution in [1.29, 1.82) is 0 Å². The first kappa shape index (κ1) is 13.4. The van der Waals surface area contributed by atoms with E-state index in [0.717, 1.165) is 23.7 Å². The maximum atomic E-state index is 5.86. The van der Waals surface area contributed by atoms with E-state index in [1.54, 1.807) is 0 Å². The van der Waals surface area contributed by atoms with Crippen LogP contribution < -0.4 is 11.3 Å². The summed E-state index contributed by atoms with van der Waals surface area (Å²) in [6.07, 6.45) is 11.2. The molecule has 0 spiro atoms. The molecule has 0 heterocycles. The normalized spacial score (nSPS) is 41.1. The third-order valence-corrected chi connectivity index (χ3v) is 5.25. The van der Waals surface area contributed by atoms with Gasteiger partial charge in [0.1, 0.15) is 0 Å². The molecule has 0 saturated heterocycles. The van der Waals surface area contributed by atoms with Crippen molar-refractivity contribution in [3.63, 3.8) is 0 Å². The van der Waals surface area contributed by atoms with Gasteiger partial charge < -0.3 is 0 Å². The van der Waals surface area contributed by atoms with Crippen LogP contribution in [0.3, 0.4) is 0 Å². The minimum absolute atomic E-state index is 0.588. The lowest BCUT2D eigenvalue weighted by molar-refractivity contribution is 0.140. The summed E-state index contributed by atoms with van der Waals surface area (Å²) >= 11 is 0. The zero-order valence-electron chi connectivity index (χ0n) is 11.6. The molecule has 0 radical (unpaired) electrons. The SMILES string of the molecule is CC1CCC(C(NN)C2CCCC(C)C2)CC1. The van der Waals surface area contributed by atoms with E-state index in [4.69, 9.17) is 5.84 Å². The van der Waals surface area contributed by atoms with Gasteiger partial charge in [-0.3, -0.25) is 11.3 Å². The highest BCUT2D eigenvalue weighted by Gasteiger charge is 2.33. The molecule has 0 amide bonds. The van der Waals surface area contributed by atoms with Crippen molar-refractivity contribution in [2.75, 3.05) is 0 Å². The van der Waals surface area contributed by atoms with E-state index in [2.05, 4.69) is 19.3 Å². The summed E-state index contributed by atoms with van der Waals surface area (Å²) in [5.41, 5.74) is 3.18. The number of hydrazine groups is 1. The lowest BCUT2D eigenvalue weighted by Gasteiger charge is -2.40. The molecule has 3 N–H and O–H groups in total. The van der Waals surface area contributed by atoms with Gasteiger partial charge in [-0.15, -0.1) is 0 Å². The fourth-order valence-electron chi connectivity index (χ4n) is 4.11. The minimum Gasteiger partial charge on any atom is -0.271 e. The first-order chi connectivity index (χ1) is 8.20. The van der Waals surface area contributed by atoms with Gasteiger partial charge in [0.2, 0.25) is 0 Å². The van der Waals surface area contributed by atoms with Crippen molar-refractivity contribution in [3.8, 4) is 0 Å². The van der Waals surface area contributed by atoms with E-state index in [0.29, 0.717) is 6.04 Å². The van der Waals surface area contributed by atoms with Crippen LogP contribution in [0.1, 0.15) is 65.2 Å². The van der Waals surface area contributed by atoms with Crippen LogP contribution in [0, 0.1) is 23.7 Å². The Morgan fingerprint density at radius 2 is 1.59 bits per heavy atom. The molecule has 100 valence electrons. The molecule has 0 aromatic carbocycles. The molecule has 2 nitrogen and oxygen atoms in total. The molecule has 0 aromatic heterocycles. The lowest BCUT2D eigenvalue weighted by Crippen LogP contribution is -2.48. The highest BCUT2D eigenvalue weighted by Crippen LogP contribution is 2.38. The summed E-state index contributed by atoms with van der Waals surface area (Å²) in [6.45, 7) is 4.80. The van der Waals surface area contributed by atoms with Crippen molar-refractivity contribution >= 4 is 0 Å². The van der Waals surface area contributed by atoms with Gasteiger partial charge in [-0.25, -0.2) is 0 Å². The zero-order chi connectivity index (χ0) is 12.3. The van der Waals surface area contributed by atoms with Crippen LogP contribution in [0.25, 0.3) is 0 Å². The fourth-order valence-corrected chi connectivity index (χ4v) is 4.11. The van der Waals surface area contributed by atoms with Crippen LogP contribution >= 0.6 is 0 Å². The van der Waals surface area contributed by atoms with Gasteiger partial charge >= 0.3 is 0 Å². The molecule has 2 rings (SSSR count). The third-order valence-electron chi connectivity index (χ3n) is 5.25. The Bertz CT molecular complexity index is 221. The second-order valence-electron chi connectivity index (χ2n) is 6.74. The Hall–Kier alpha value is -0.0800. The van der Waals surface area contributed by atoms with E-state index in [-0.39, 0.29) is 0 Å². The molecule has 2 fully saturated rings. The molecule has 0 bridgehead atoms. The molecule has 0 aromatic rings.